The molecule has 0 bridgehead atoms. The first-order chi connectivity index (χ1) is 14.7. The summed E-state index contributed by atoms with van der Waals surface area (Å²) in [7, 11) is 0. The van der Waals surface area contributed by atoms with Gasteiger partial charge in [0.05, 0.1) is 27.6 Å². The van der Waals surface area contributed by atoms with E-state index in [4.69, 9.17) is 28.2 Å². The third-order valence-electron chi connectivity index (χ3n) is 4.38. The molecule has 0 unspecified atom stereocenters. The fourth-order valence-corrected chi connectivity index (χ4v) is 4.03. The van der Waals surface area contributed by atoms with Crippen molar-refractivity contribution in [2.45, 2.75) is 6.42 Å². The lowest BCUT2D eigenvalue weighted by Crippen LogP contribution is -2.13. The van der Waals surface area contributed by atoms with Crippen LogP contribution in [0.3, 0.4) is 0 Å². The largest absolute Gasteiger partial charge is 0.257 e. The number of halogens is 2. The molecule has 4 rings (SSSR count). The van der Waals surface area contributed by atoms with Gasteiger partial charge in [-0.1, -0.05) is 65.7 Å². The second-order valence-electron chi connectivity index (χ2n) is 6.46. The second-order valence-corrected chi connectivity index (χ2v) is 8.11. The first-order valence-electron chi connectivity index (χ1n) is 9.36. The lowest BCUT2D eigenvalue weighted by atomic mass is 10.2. The van der Waals surface area contributed by atoms with E-state index >= 15 is 0 Å². The number of hydrogen-bond donors (Lipinski definition) is 0. The summed E-state index contributed by atoms with van der Waals surface area (Å²) >= 11 is 13.9. The maximum atomic E-state index is 6.24. The SMILES string of the molecule is Clc1ccc(-c2csc(=NCCc3ccccc3)n2N=Cc2ccccn2)cc1Cl. The molecule has 4 nitrogen and oxygen atoms in total. The molecule has 0 saturated carbocycles. The van der Waals surface area contributed by atoms with Gasteiger partial charge in [-0.25, -0.2) is 4.68 Å². The van der Waals surface area contributed by atoms with E-state index in [9.17, 15) is 0 Å². The fraction of sp³-hybridized carbons (Fsp3) is 0.0870. The summed E-state index contributed by atoms with van der Waals surface area (Å²) in [5, 5.41) is 7.71. The van der Waals surface area contributed by atoms with E-state index in [0.717, 1.165) is 28.2 Å². The predicted octanol–water partition coefficient (Wildman–Crippen LogP) is 5.94. The summed E-state index contributed by atoms with van der Waals surface area (Å²) < 4.78 is 1.82. The number of pyridine rings is 1. The Hall–Kier alpha value is -2.73. The predicted molar refractivity (Wildman–Crippen MR) is 126 cm³/mol. The third kappa shape index (κ3) is 5.05. The number of nitrogens with zero attached hydrogens (tertiary/aromatic N) is 4. The van der Waals surface area contributed by atoms with Gasteiger partial charge in [0.1, 0.15) is 0 Å². The molecule has 0 amide bonds. The fourth-order valence-electron chi connectivity index (χ4n) is 2.87. The summed E-state index contributed by atoms with van der Waals surface area (Å²) in [5.41, 5.74) is 3.84. The Balaban J connectivity index is 1.70. The molecule has 7 heteroatoms. The highest BCUT2D eigenvalue weighted by Gasteiger charge is 2.09. The molecule has 30 heavy (non-hydrogen) atoms. The molecule has 0 radical (unpaired) electrons. The summed E-state index contributed by atoms with van der Waals surface area (Å²) in [6.07, 6.45) is 4.33. The van der Waals surface area contributed by atoms with Gasteiger partial charge in [-0.15, -0.1) is 11.3 Å². The summed E-state index contributed by atoms with van der Waals surface area (Å²) in [5.74, 6) is 0. The lowest BCUT2D eigenvalue weighted by Gasteiger charge is -2.05. The number of hydrogen-bond acceptors (Lipinski definition) is 4. The van der Waals surface area contributed by atoms with Gasteiger partial charge in [0.25, 0.3) is 0 Å². The quantitative estimate of drug-likeness (QED) is 0.333. The zero-order chi connectivity index (χ0) is 20.8. The van der Waals surface area contributed by atoms with Gasteiger partial charge in [-0.05, 0) is 36.2 Å². The lowest BCUT2D eigenvalue weighted by molar-refractivity contribution is 0.816. The third-order valence-corrected chi connectivity index (χ3v) is 5.98. The van der Waals surface area contributed by atoms with Gasteiger partial charge < -0.3 is 0 Å². The molecular weight excluding hydrogens is 435 g/mol. The molecule has 0 atom stereocenters. The molecular formula is C23H18Cl2N4S. The average molecular weight is 453 g/mol. The summed E-state index contributed by atoms with van der Waals surface area (Å²) in [4.78, 5) is 9.90. The van der Waals surface area contributed by atoms with Gasteiger partial charge in [-0.2, -0.15) is 5.10 Å². The Morgan fingerprint density at radius 2 is 1.80 bits per heavy atom. The van der Waals surface area contributed by atoms with Crippen molar-refractivity contribution in [2.24, 2.45) is 10.1 Å². The minimum Gasteiger partial charge on any atom is -0.257 e. The number of benzene rings is 2. The van der Waals surface area contributed by atoms with Crippen LogP contribution >= 0.6 is 34.5 Å². The van der Waals surface area contributed by atoms with Crippen LogP contribution in [0.15, 0.2) is 88.4 Å². The molecule has 4 aromatic rings. The van der Waals surface area contributed by atoms with Gasteiger partial charge >= 0.3 is 0 Å². The van der Waals surface area contributed by atoms with E-state index in [1.807, 2.05) is 58.6 Å². The van der Waals surface area contributed by atoms with Crippen LogP contribution in [0.1, 0.15) is 11.3 Å². The Morgan fingerprint density at radius 3 is 2.57 bits per heavy atom. The summed E-state index contributed by atoms with van der Waals surface area (Å²) in [6.45, 7) is 0.671. The number of thiazole rings is 1. The van der Waals surface area contributed by atoms with Crippen LogP contribution in [0.25, 0.3) is 11.3 Å². The van der Waals surface area contributed by atoms with Crippen LogP contribution in [-0.4, -0.2) is 22.4 Å². The van der Waals surface area contributed by atoms with Crippen molar-refractivity contribution in [2.75, 3.05) is 6.54 Å². The molecule has 0 fully saturated rings. The Bertz CT molecular complexity index is 1210. The molecule has 2 aromatic carbocycles. The van der Waals surface area contributed by atoms with E-state index in [-0.39, 0.29) is 0 Å². The van der Waals surface area contributed by atoms with E-state index in [1.54, 1.807) is 18.5 Å². The Labute approximate surface area is 188 Å². The van der Waals surface area contributed by atoms with E-state index in [0.29, 0.717) is 16.6 Å². The maximum absolute atomic E-state index is 6.24. The average Bonchev–Trinajstić information content (AvgIpc) is 3.18. The van der Waals surface area contributed by atoms with Crippen molar-refractivity contribution in [3.05, 3.63) is 104 Å². The van der Waals surface area contributed by atoms with Gasteiger partial charge in [-0.3, -0.25) is 9.98 Å². The van der Waals surface area contributed by atoms with E-state index < -0.39 is 0 Å². The molecule has 0 aliphatic carbocycles. The van der Waals surface area contributed by atoms with Crippen LogP contribution < -0.4 is 4.80 Å². The highest BCUT2D eigenvalue weighted by atomic mass is 35.5. The van der Waals surface area contributed by atoms with Crippen LogP contribution in [-0.2, 0) is 6.42 Å². The van der Waals surface area contributed by atoms with Crippen molar-refractivity contribution < 1.29 is 0 Å². The van der Waals surface area contributed by atoms with E-state index in [2.05, 4.69) is 22.2 Å². The molecule has 0 N–H and O–H groups in total. The van der Waals surface area contributed by atoms with Crippen LogP contribution in [0.5, 0.6) is 0 Å². The minimum atomic E-state index is 0.503. The number of aromatic nitrogens is 2. The van der Waals surface area contributed by atoms with Crippen LogP contribution in [0, 0.1) is 0 Å². The monoisotopic (exact) mass is 452 g/mol. The zero-order valence-electron chi connectivity index (χ0n) is 16.0. The van der Waals surface area contributed by atoms with Crippen molar-refractivity contribution in [1.82, 2.24) is 9.66 Å². The van der Waals surface area contributed by atoms with Gasteiger partial charge in [0, 0.05) is 23.7 Å². The van der Waals surface area contributed by atoms with Crippen LogP contribution in [0.2, 0.25) is 10.0 Å². The normalized spacial score (nSPS) is 12.0. The topological polar surface area (TPSA) is 42.5 Å². The number of rotatable bonds is 6. The van der Waals surface area contributed by atoms with Gasteiger partial charge in [0.2, 0.25) is 4.80 Å². The molecule has 2 heterocycles. The molecule has 0 saturated heterocycles. The Morgan fingerprint density at radius 1 is 0.967 bits per heavy atom. The van der Waals surface area contributed by atoms with Crippen molar-refractivity contribution >= 4 is 40.8 Å². The first-order valence-corrected chi connectivity index (χ1v) is 11.0. The minimum absolute atomic E-state index is 0.503. The maximum Gasteiger partial charge on any atom is 0.206 e. The standard InChI is InChI=1S/C23H18Cl2N4S/c24-20-10-9-18(14-21(20)25)22-16-30-23(27-13-11-17-6-2-1-3-7-17)29(22)28-15-19-8-4-5-12-26-19/h1-10,12,14-16H,11,13H2. The van der Waals surface area contributed by atoms with Crippen molar-refractivity contribution in [1.29, 1.82) is 0 Å². The van der Waals surface area contributed by atoms with E-state index in [1.165, 1.54) is 16.9 Å². The molecule has 0 aliphatic rings. The molecule has 0 aliphatic heterocycles. The second kappa shape index (κ2) is 9.85. The van der Waals surface area contributed by atoms with Crippen molar-refractivity contribution in [3.63, 3.8) is 0 Å². The highest BCUT2D eigenvalue weighted by Crippen LogP contribution is 2.28. The van der Waals surface area contributed by atoms with Gasteiger partial charge in [0.15, 0.2) is 0 Å². The zero-order valence-corrected chi connectivity index (χ0v) is 18.3. The molecule has 2 aromatic heterocycles. The Kier molecular flexibility index (Phi) is 6.74. The first kappa shape index (κ1) is 20.5. The highest BCUT2D eigenvalue weighted by molar-refractivity contribution is 7.07. The summed E-state index contributed by atoms with van der Waals surface area (Å²) in [6, 6.07) is 21.6. The molecule has 150 valence electrons. The molecule has 0 spiro atoms. The van der Waals surface area contributed by atoms with Crippen LogP contribution in [0.4, 0.5) is 0 Å². The smallest absolute Gasteiger partial charge is 0.206 e. The van der Waals surface area contributed by atoms with Crippen molar-refractivity contribution in [3.8, 4) is 11.3 Å².